The fraction of sp³-hybridized carbons (Fsp3) is 0.150. The fourth-order valence-electron chi connectivity index (χ4n) is 2.85. The predicted molar refractivity (Wildman–Crippen MR) is 107 cm³/mol. The van der Waals surface area contributed by atoms with Gasteiger partial charge in [0.25, 0.3) is 0 Å². The molecule has 3 rings (SSSR count). The smallest absolute Gasteiger partial charge is 0.228 e. The number of hydrogen-bond acceptors (Lipinski definition) is 3. The van der Waals surface area contributed by atoms with Crippen molar-refractivity contribution >= 4 is 34.8 Å². The SMILES string of the molecule is Cc1nn(-c2ccc(Cl)cc2Cl)c(C)c1CC(=O)Nc1cccc(C#N)c1. The van der Waals surface area contributed by atoms with Gasteiger partial charge in [0.15, 0.2) is 0 Å². The summed E-state index contributed by atoms with van der Waals surface area (Å²) in [5, 5.41) is 17.3. The van der Waals surface area contributed by atoms with Crippen molar-refractivity contribution in [1.82, 2.24) is 9.78 Å². The Morgan fingerprint density at radius 3 is 2.70 bits per heavy atom. The van der Waals surface area contributed by atoms with Gasteiger partial charge >= 0.3 is 0 Å². The van der Waals surface area contributed by atoms with Crippen molar-refractivity contribution in [2.75, 3.05) is 5.32 Å². The third-order valence-electron chi connectivity index (χ3n) is 4.19. The van der Waals surface area contributed by atoms with Crippen LogP contribution in [0, 0.1) is 25.2 Å². The first kappa shape index (κ1) is 19.0. The highest BCUT2D eigenvalue weighted by molar-refractivity contribution is 6.35. The van der Waals surface area contributed by atoms with Crippen molar-refractivity contribution in [1.29, 1.82) is 5.26 Å². The van der Waals surface area contributed by atoms with Crippen molar-refractivity contribution in [3.8, 4) is 11.8 Å². The molecule has 0 radical (unpaired) electrons. The van der Waals surface area contributed by atoms with Gasteiger partial charge in [-0.3, -0.25) is 4.79 Å². The highest BCUT2D eigenvalue weighted by atomic mass is 35.5. The Morgan fingerprint density at radius 2 is 2.00 bits per heavy atom. The van der Waals surface area contributed by atoms with Crippen LogP contribution in [0.4, 0.5) is 5.69 Å². The number of anilines is 1. The molecule has 5 nitrogen and oxygen atoms in total. The van der Waals surface area contributed by atoms with Crippen LogP contribution in [0.2, 0.25) is 10.0 Å². The molecular formula is C20H16Cl2N4O. The number of amides is 1. The number of carbonyl (C=O) groups is 1. The number of benzene rings is 2. The molecule has 1 amide bonds. The van der Waals surface area contributed by atoms with Crippen LogP contribution in [0.3, 0.4) is 0 Å². The molecule has 7 heteroatoms. The van der Waals surface area contributed by atoms with Crippen molar-refractivity contribution in [3.63, 3.8) is 0 Å². The molecule has 27 heavy (non-hydrogen) atoms. The average Bonchev–Trinajstić information content (AvgIpc) is 2.90. The topological polar surface area (TPSA) is 70.7 Å². The van der Waals surface area contributed by atoms with Gasteiger partial charge in [-0.2, -0.15) is 10.4 Å². The largest absolute Gasteiger partial charge is 0.326 e. The third-order valence-corrected chi connectivity index (χ3v) is 4.73. The van der Waals surface area contributed by atoms with Gasteiger partial charge in [0, 0.05) is 22.0 Å². The summed E-state index contributed by atoms with van der Waals surface area (Å²) in [6.45, 7) is 3.75. The summed E-state index contributed by atoms with van der Waals surface area (Å²) >= 11 is 12.2. The van der Waals surface area contributed by atoms with E-state index in [1.165, 1.54) is 0 Å². The molecule has 0 saturated heterocycles. The molecular weight excluding hydrogens is 383 g/mol. The molecule has 2 aromatic carbocycles. The van der Waals surface area contributed by atoms with Gasteiger partial charge in [-0.25, -0.2) is 4.68 Å². The van der Waals surface area contributed by atoms with Crippen LogP contribution in [-0.4, -0.2) is 15.7 Å². The lowest BCUT2D eigenvalue weighted by Crippen LogP contribution is -2.15. The lowest BCUT2D eigenvalue weighted by Gasteiger charge is -2.08. The van der Waals surface area contributed by atoms with Crippen molar-refractivity contribution in [2.45, 2.75) is 20.3 Å². The Morgan fingerprint density at radius 1 is 1.22 bits per heavy atom. The minimum absolute atomic E-state index is 0.166. The Labute approximate surface area is 167 Å². The van der Waals surface area contributed by atoms with Gasteiger partial charge in [-0.15, -0.1) is 0 Å². The summed E-state index contributed by atoms with van der Waals surface area (Å²) < 4.78 is 1.72. The average molecular weight is 399 g/mol. The summed E-state index contributed by atoms with van der Waals surface area (Å²) in [4.78, 5) is 12.5. The molecule has 0 aliphatic heterocycles. The van der Waals surface area contributed by atoms with Gasteiger partial charge in [0.05, 0.1) is 34.5 Å². The van der Waals surface area contributed by atoms with Crippen LogP contribution >= 0.6 is 23.2 Å². The summed E-state index contributed by atoms with van der Waals surface area (Å²) in [6, 6.07) is 14.0. The zero-order valence-electron chi connectivity index (χ0n) is 14.8. The molecule has 0 aliphatic rings. The van der Waals surface area contributed by atoms with Gasteiger partial charge < -0.3 is 5.32 Å². The van der Waals surface area contributed by atoms with Crippen LogP contribution in [-0.2, 0) is 11.2 Å². The van der Waals surface area contributed by atoms with E-state index in [0.29, 0.717) is 27.0 Å². The summed E-state index contributed by atoms with van der Waals surface area (Å²) in [5.74, 6) is -0.182. The maximum atomic E-state index is 12.5. The van der Waals surface area contributed by atoms with Crippen molar-refractivity contribution in [2.24, 2.45) is 0 Å². The molecule has 1 aromatic heterocycles. The van der Waals surface area contributed by atoms with E-state index >= 15 is 0 Å². The van der Waals surface area contributed by atoms with E-state index in [1.54, 1.807) is 47.1 Å². The van der Waals surface area contributed by atoms with Crippen molar-refractivity contribution < 1.29 is 4.79 Å². The standard InChI is InChI=1S/C20H16Cl2N4O/c1-12-17(10-20(27)24-16-5-3-4-14(8-16)11-23)13(2)26(25-12)19-7-6-15(21)9-18(19)22/h3-9H,10H2,1-2H3,(H,24,27). The summed E-state index contributed by atoms with van der Waals surface area (Å²) in [6.07, 6.45) is 0.166. The predicted octanol–water partition coefficient (Wildman–Crippen LogP) is 4.85. The van der Waals surface area contributed by atoms with Crippen molar-refractivity contribution in [3.05, 3.63) is 75.0 Å². The van der Waals surface area contributed by atoms with E-state index in [1.807, 2.05) is 13.8 Å². The van der Waals surface area contributed by atoms with Gasteiger partial charge in [-0.05, 0) is 50.2 Å². The minimum atomic E-state index is -0.182. The molecule has 1 heterocycles. The quantitative estimate of drug-likeness (QED) is 0.682. The monoisotopic (exact) mass is 398 g/mol. The second kappa shape index (κ2) is 7.83. The molecule has 0 spiro atoms. The summed E-state index contributed by atoms with van der Waals surface area (Å²) in [7, 11) is 0. The number of halogens is 2. The van der Waals surface area contributed by atoms with Gasteiger partial charge in [-0.1, -0.05) is 29.3 Å². The summed E-state index contributed by atoms with van der Waals surface area (Å²) in [5.41, 5.74) is 4.19. The molecule has 0 atom stereocenters. The Bertz CT molecular complexity index is 1070. The molecule has 0 fully saturated rings. The molecule has 0 bridgehead atoms. The van der Waals surface area contributed by atoms with Crippen LogP contribution < -0.4 is 5.32 Å². The molecule has 0 aliphatic carbocycles. The molecule has 0 unspecified atom stereocenters. The van der Waals surface area contributed by atoms with Gasteiger partial charge in [0.2, 0.25) is 5.91 Å². The number of aromatic nitrogens is 2. The second-order valence-electron chi connectivity index (χ2n) is 6.07. The fourth-order valence-corrected chi connectivity index (χ4v) is 3.34. The van der Waals surface area contributed by atoms with E-state index in [4.69, 9.17) is 28.5 Å². The maximum Gasteiger partial charge on any atom is 0.228 e. The van der Waals surface area contributed by atoms with Crippen LogP contribution in [0.15, 0.2) is 42.5 Å². The first-order valence-electron chi connectivity index (χ1n) is 8.19. The molecule has 1 N–H and O–H groups in total. The molecule has 3 aromatic rings. The minimum Gasteiger partial charge on any atom is -0.326 e. The number of aryl methyl sites for hydroxylation is 1. The number of carbonyl (C=O) groups excluding carboxylic acids is 1. The van der Waals surface area contributed by atoms with Gasteiger partial charge in [0.1, 0.15) is 0 Å². The molecule has 136 valence electrons. The van der Waals surface area contributed by atoms with E-state index in [9.17, 15) is 4.79 Å². The highest BCUT2D eigenvalue weighted by Gasteiger charge is 2.17. The lowest BCUT2D eigenvalue weighted by molar-refractivity contribution is -0.115. The van der Waals surface area contributed by atoms with Crippen LogP contribution in [0.25, 0.3) is 5.69 Å². The first-order chi connectivity index (χ1) is 12.9. The Kier molecular flexibility index (Phi) is 5.50. The number of nitrogens with zero attached hydrogens (tertiary/aromatic N) is 3. The van der Waals surface area contributed by atoms with E-state index in [2.05, 4.69) is 16.5 Å². The second-order valence-corrected chi connectivity index (χ2v) is 6.92. The first-order valence-corrected chi connectivity index (χ1v) is 8.95. The number of nitrogens with one attached hydrogen (secondary N) is 1. The van der Waals surface area contributed by atoms with E-state index in [0.717, 1.165) is 17.0 Å². The van der Waals surface area contributed by atoms with Crippen LogP contribution in [0.5, 0.6) is 0 Å². The number of hydrogen-bond donors (Lipinski definition) is 1. The Hall–Kier alpha value is -2.81. The van der Waals surface area contributed by atoms with E-state index < -0.39 is 0 Å². The Balaban J connectivity index is 1.84. The van der Waals surface area contributed by atoms with E-state index in [-0.39, 0.29) is 12.3 Å². The number of nitriles is 1. The zero-order chi connectivity index (χ0) is 19.6. The maximum absolute atomic E-state index is 12.5. The lowest BCUT2D eigenvalue weighted by atomic mass is 10.1. The molecule has 0 saturated carbocycles. The normalized spacial score (nSPS) is 10.5. The van der Waals surface area contributed by atoms with Crippen LogP contribution in [0.1, 0.15) is 22.5 Å². The number of rotatable bonds is 4. The third kappa shape index (κ3) is 4.13. The zero-order valence-corrected chi connectivity index (χ0v) is 16.3. The highest BCUT2D eigenvalue weighted by Crippen LogP contribution is 2.27.